The lowest BCUT2D eigenvalue weighted by Gasteiger charge is -2.20. The summed E-state index contributed by atoms with van der Waals surface area (Å²) in [6, 6.07) is 18.2. The maximum Gasteiger partial charge on any atom is 0.204 e. The van der Waals surface area contributed by atoms with Gasteiger partial charge in [0.1, 0.15) is 11.5 Å². The molecule has 2 heterocycles. The second-order valence-electron chi connectivity index (χ2n) is 6.57. The van der Waals surface area contributed by atoms with Crippen LogP contribution in [0, 0.1) is 6.92 Å². The lowest BCUT2D eigenvalue weighted by molar-refractivity contribution is -0.106. The monoisotopic (exact) mass is 411 g/mol. The largest absolute Gasteiger partial charge is 0.457 e. The third kappa shape index (κ3) is 6.14. The number of hydrogen-bond acceptors (Lipinski definition) is 5. The summed E-state index contributed by atoms with van der Waals surface area (Å²) in [6.07, 6.45) is 2.63. The van der Waals surface area contributed by atoms with Gasteiger partial charge in [0.2, 0.25) is 6.41 Å². The highest BCUT2D eigenvalue weighted by Gasteiger charge is 2.20. The Bertz CT molecular complexity index is 873. The maximum absolute atomic E-state index is 8.58. The van der Waals surface area contributed by atoms with Crippen LogP contribution in [0.1, 0.15) is 36.9 Å². The van der Waals surface area contributed by atoms with Crippen molar-refractivity contribution in [2.24, 2.45) is 5.73 Å². The number of rotatable bonds is 4. The van der Waals surface area contributed by atoms with Gasteiger partial charge < -0.3 is 15.8 Å². The van der Waals surface area contributed by atoms with E-state index in [4.69, 9.17) is 14.5 Å². The van der Waals surface area contributed by atoms with E-state index in [-0.39, 0.29) is 13.8 Å². The van der Waals surface area contributed by atoms with Gasteiger partial charge in [0, 0.05) is 5.92 Å². The second-order valence-corrected chi connectivity index (χ2v) is 7.60. The molecule has 0 unspecified atom stereocenters. The Balaban J connectivity index is 0.000000708. The number of carbonyl (C=O) groups is 1. The molecule has 1 saturated heterocycles. The summed E-state index contributed by atoms with van der Waals surface area (Å²) in [5, 5.41) is 4.72. The lowest BCUT2D eigenvalue weighted by Crippen LogP contribution is -2.26. The van der Waals surface area contributed by atoms with E-state index in [9.17, 15) is 0 Å². The van der Waals surface area contributed by atoms with Crippen LogP contribution in [0.25, 0.3) is 10.4 Å². The molecule has 0 spiro atoms. The number of thiazole rings is 1. The third-order valence-electron chi connectivity index (χ3n) is 4.60. The van der Waals surface area contributed by atoms with E-state index in [0.717, 1.165) is 30.3 Å². The Hall–Kier alpha value is -2.70. The highest BCUT2D eigenvalue weighted by Crippen LogP contribution is 2.37. The van der Waals surface area contributed by atoms with Crippen LogP contribution in [0.3, 0.4) is 0 Å². The number of nitrogens with two attached hydrogens (primary N) is 1. The smallest absolute Gasteiger partial charge is 0.204 e. The zero-order valence-electron chi connectivity index (χ0n) is 15.9. The standard InChI is InChI=1S/C21H22N2OS.CH3NO.CH4/c1-15-20(25-21(23-15)17-11-13-22-14-12-17)16-7-9-19(10-8-16)24-18-5-3-2-4-6-18;2-1-3;/h2-10,17,22H,11-14H2,1H3;1H,(H2,2,3);1H4. The van der Waals surface area contributed by atoms with E-state index in [0.29, 0.717) is 5.92 Å². The number of nitrogens with one attached hydrogen (secondary N) is 1. The van der Waals surface area contributed by atoms with Crippen LogP contribution in [0.2, 0.25) is 0 Å². The minimum absolute atomic E-state index is 0. The first kappa shape index (κ1) is 22.6. The fourth-order valence-electron chi connectivity index (χ4n) is 3.23. The highest BCUT2D eigenvalue weighted by atomic mass is 32.1. The third-order valence-corrected chi connectivity index (χ3v) is 5.97. The number of aromatic nitrogens is 1. The van der Waals surface area contributed by atoms with Crippen molar-refractivity contribution >= 4 is 17.7 Å². The van der Waals surface area contributed by atoms with Gasteiger partial charge in [-0.25, -0.2) is 4.98 Å². The summed E-state index contributed by atoms with van der Waals surface area (Å²) < 4.78 is 5.88. The number of amides is 1. The predicted octanol–water partition coefficient (Wildman–Crippen LogP) is 5.12. The minimum atomic E-state index is 0. The summed E-state index contributed by atoms with van der Waals surface area (Å²) in [6.45, 7) is 4.32. The van der Waals surface area contributed by atoms with Crippen LogP contribution in [-0.4, -0.2) is 24.5 Å². The molecule has 1 aromatic heterocycles. The molecule has 6 heteroatoms. The summed E-state index contributed by atoms with van der Waals surface area (Å²) in [5.74, 6) is 2.33. The molecule has 5 nitrogen and oxygen atoms in total. The first-order valence-corrected chi connectivity index (χ1v) is 10.2. The molecular formula is C23H29N3O2S. The Morgan fingerprint density at radius 3 is 2.28 bits per heavy atom. The van der Waals surface area contributed by atoms with Crippen molar-refractivity contribution in [3.63, 3.8) is 0 Å². The van der Waals surface area contributed by atoms with Crippen LogP contribution < -0.4 is 15.8 Å². The molecular weight excluding hydrogens is 382 g/mol. The molecule has 3 aromatic rings. The molecule has 1 aliphatic heterocycles. The van der Waals surface area contributed by atoms with E-state index >= 15 is 0 Å². The molecule has 0 radical (unpaired) electrons. The molecule has 29 heavy (non-hydrogen) atoms. The van der Waals surface area contributed by atoms with Crippen LogP contribution in [0.5, 0.6) is 11.5 Å². The van der Waals surface area contributed by atoms with E-state index in [1.165, 1.54) is 28.3 Å². The van der Waals surface area contributed by atoms with Gasteiger partial charge in [-0.3, -0.25) is 4.79 Å². The van der Waals surface area contributed by atoms with Crippen LogP contribution in [0.4, 0.5) is 0 Å². The van der Waals surface area contributed by atoms with Gasteiger partial charge in [0.15, 0.2) is 0 Å². The van der Waals surface area contributed by atoms with Gasteiger partial charge in [-0.15, -0.1) is 11.3 Å². The van der Waals surface area contributed by atoms with E-state index in [2.05, 4.69) is 30.1 Å². The number of hydrogen-bond donors (Lipinski definition) is 2. The zero-order valence-corrected chi connectivity index (χ0v) is 16.7. The molecule has 4 rings (SSSR count). The van der Waals surface area contributed by atoms with Gasteiger partial charge >= 0.3 is 0 Å². The second kappa shape index (κ2) is 11.3. The number of piperidine rings is 1. The maximum atomic E-state index is 8.58. The van der Waals surface area contributed by atoms with Crippen LogP contribution >= 0.6 is 11.3 Å². The lowest BCUT2D eigenvalue weighted by atomic mass is 9.99. The topological polar surface area (TPSA) is 77.2 Å². The van der Waals surface area contributed by atoms with Crippen molar-refractivity contribution < 1.29 is 9.53 Å². The van der Waals surface area contributed by atoms with Crippen molar-refractivity contribution in [1.29, 1.82) is 0 Å². The number of benzene rings is 2. The molecule has 3 N–H and O–H groups in total. The van der Waals surface area contributed by atoms with Crippen molar-refractivity contribution in [3.05, 3.63) is 65.3 Å². The van der Waals surface area contributed by atoms with Crippen molar-refractivity contribution in [1.82, 2.24) is 10.3 Å². The summed E-state index contributed by atoms with van der Waals surface area (Å²) in [5.41, 5.74) is 6.52. The molecule has 154 valence electrons. The summed E-state index contributed by atoms with van der Waals surface area (Å²) >= 11 is 1.85. The predicted molar refractivity (Wildman–Crippen MR) is 121 cm³/mol. The van der Waals surface area contributed by atoms with E-state index in [1.807, 2.05) is 53.8 Å². The Morgan fingerprint density at radius 1 is 1.07 bits per heavy atom. The number of carbonyl (C=O) groups excluding carboxylic acids is 1. The number of para-hydroxylation sites is 1. The molecule has 0 aliphatic carbocycles. The Labute approximate surface area is 176 Å². The van der Waals surface area contributed by atoms with Crippen molar-refractivity contribution in [2.75, 3.05) is 13.1 Å². The van der Waals surface area contributed by atoms with E-state index < -0.39 is 0 Å². The molecule has 1 aliphatic rings. The number of aryl methyl sites for hydroxylation is 1. The van der Waals surface area contributed by atoms with Gasteiger partial charge in [0.25, 0.3) is 0 Å². The molecule has 1 fully saturated rings. The first-order chi connectivity index (χ1) is 13.7. The fraction of sp³-hybridized carbons (Fsp3) is 0.304. The number of primary amides is 1. The highest BCUT2D eigenvalue weighted by molar-refractivity contribution is 7.15. The summed E-state index contributed by atoms with van der Waals surface area (Å²) in [7, 11) is 0. The summed E-state index contributed by atoms with van der Waals surface area (Å²) in [4.78, 5) is 14.7. The molecule has 0 atom stereocenters. The SMILES string of the molecule is C.Cc1nc(C2CCNCC2)sc1-c1ccc(Oc2ccccc2)cc1.NC=O. The average molecular weight is 412 g/mol. The normalized spacial score (nSPS) is 13.6. The van der Waals surface area contributed by atoms with Crippen LogP contribution in [-0.2, 0) is 4.79 Å². The van der Waals surface area contributed by atoms with Crippen LogP contribution in [0.15, 0.2) is 54.6 Å². The number of nitrogens with zero attached hydrogens (tertiary/aromatic N) is 1. The molecule has 0 bridgehead atoms. The molecule has 1 amide bonds. The Morgan fingerprint density at radius 2 is 1.66 bits per heavy atom. The molecule has 2 aromatic carbocycles. The minimum Gasteiger partial charge on any atom is -0.457 e. The Kier molecular flexibility index (Phi) is 8.83. The fourth-order valence-corrected chi connectivity index (χ4v) is 4.47. The molecule has 0 saturated carbocycles. The zero-order chi connectivity index (χ0) is 19.8. The van der Waals surface area contributed by atoms with Crippen molar-refractivity contribution in [3.8, 4) is 21.9 Å². The quantitative estimate of drug-likeness (QED) is 0.585. The van der Waals surface area contributed by atoms with Gasteiger partial charge in [-0.1, -0.05) is 25.6 Å². The van der Waals surface area contributed by atoms with E-state index in [1.54, 1.807) is 0 Å². The van der Waals surface area contributed by atoms with Crippen molar-refractivity contribution in [2.45, 2.75) is 33.1 Å². The number of ether oxygens (including phenoxy) is 1. The van der Waals surface area contributed by atoms with Gasteiger partial charge in [-0.2, -0.15) is 0 Å². The average Bonchev–Trinajstić information content (AvgIpc) is 3.12. The van der Waals surface area contributed by atoms with Gasteiger partial charge in [-0.05, 0) is 74.8 Å². The van der Waals surface area contributed by atoms with Gasteiger partial charge in [0.05, 0.1) is 15.6 Å². The first-order valence-electron chi connectivity index (χ1n) is 9.38.